The summed E-state index contributed by atoms with van der Waals surface area (Å²) >= 11 is 0. The number of pyridine rings is 7. The molecule has 0 saturated carbocycles. The summed E-state index contributed by atoms with van der Waals surface area (Å²) in [5.74, 6) is 0. The number of aromatic nitrogens is 7. The van der Waals surface area contributed by atoms with Crippen LogP contribution in [0.2, 0.25) is 0 Å². The Kier molecular flexibility index (Phi) is 21.7. The minimum absolute atomic E-state index is 0.728. The summed E-state index contributed by atoms with van der Waals surface area (Å²) in [6.45, 7) is 36.6. The zero-order valence-electron chi connectivity index (χ0n) is 62.5. The van der Waals surface area contributed by atoms with Gasteiger partial charge in [0.25, 0.3) is 0 Å². The standard InChI is InChI=1S/C89H103N11/c1-17-56-34-33-35-57(18-2)82(56)97(83-58(19-3)40-47-90-69(83)26-10)76-54-77(98(84-59(20-4)41-48-91-70(84)27-11)85-60(21-5)42-49-92-71(85)28-12)66-38-39-68-79(100(88-63(24-8)45-52-95-74(88)31-15)89-64(25-9)46-53-96-75(89)32-16)55-78(67-37-36-65(76)80(66)81(67)68)99(86-61(22-6)43-50-93-72(86)29-13)87-62(23-7)44-51-94-73(87)30-14/h33-55H,17-32H2,1-16H3. The van der Waals surface area contributed by atoms with E-state index in [0.717, 1.165) is 237 Å². The number of rotatable bonds is 28. The minimum atomic E-state index is 0.728. The van der Waals surface area contributed by atoms with E-state index >= 15 is 0 Å². The average molecular weight is 1330 g/mol. The van der Waals surface area contributed by atoms with Gasteiger partial charge in [-0.2, -0.15) is 0 Å². The lowest BCUT2D eigenvalue weighted by atomic mass is 9.87. The maximum Gasteiger partial charge on any atom is 0.0710 e. The summed E-state index contributed by atoms with van der Waals surface area (Å²) in [5, 5.41) is 6.83. The van der Waals surface area contributed by atoms with E-state index < -0.39 is 0 Å². The summed E-state index contributed by atoms with van der Waals surface area (Å²) in [6.07, 6.45) is 26.6. The zero-order chi connectivity index (χ0) is 70.5. The molecule has 0 saturated heterocycles. The van der Waals surface area contributed by atoms with Crippen LogP contribution < -0.4 is 19.6 Å². The molecule has 12 aromatic rings. The Morgan fingerprint density at radius 2 is 0.370 bits per heavy atom. The zero-order valence-corrected chi connectivity index (χ0v) is 62.5. The molecule has 0 atom stereocenters. The maximum atomic E-state index is 5.38. The molecule has 0 aliphatic rings. The van der Waals surface area contributed by atoms with Crippen LogP contribution in [0.15, 0.2) is 140 Å². The highest BCUT2D eigenvalue weighted by Gasteiger charge is 2.36. The van der Waals surface area contributed by atoms with Gasteiger partial charge in [-0.1, -0.05) is 153 Å². The van der Waals surface area contributed by atoms with Gasteiger partial charge >= 0.3 is 0 Å². The third-order valence-corrected chi connectivity index (χ3v) is 21.1. The van der Waals surface area contributed by atoms with Gasteiger partial charge in [-0.15, -0.1) is 0 Å². The molecule has 7 heterocycles. The molecular weight excluding hydrogens is 1220 g/mol. The highest BCUT2D eigenvalue weighted by atomic mass is 15.2. The van der Waals surface area contributed by atoms with E-state index in [1.54, 1.807) is 0 Å². The predicted octanol–water partition coefficient (Wildman–Crippen LogP) is 23.2. The molecule has 0 fully saturated rings. The van der Waals surface area contributed by atoms with Crippen molar-refractivity contribution in [2.24, 2.45) is 0 Å². The molecule has 0 spiro atoms. The molecule has 100 heavy (non-hydrogen) atoms. The smallest absolute Gasteiger partial charge is 0.0710 e. The van der Waals surface area contributed by atoms with Gasteiger partial charge in [0, 0.05) is 75.7 Å². The number of hydrogen-bond acceptors (Lipinski definition) is 11. The first kappa shape index (κ1) is 70.3. The monoisotopic (exact) mass is 1330 g/mol. The van der Waals surface area contributed by atoms with Gasteiger partial charge in [0.2, 0.25) is 0 Å². The van der Waals surface area contributed by atoms with Crippen LogP contribution in [0.1, 0.15) is 201 Å². The summed E-state index contributed by atoms with van der Waals surface area (Å²) in [5.41, 5.74) is 31.7. The average Bonchev–Trinajstić information content (AvgIpc) is 0.694. The van der Waals surface area contributed by atoms with Crippen LogP contribution in [0.3, 0.4) is 0 Å². The number of anilines is 12. The first-order valence-corrected chi connectivity index (χ1v) is 37.9. The van der Waals surface area contributed by atoms with Crippen LogP contribution in [0.4, 0.5) is 68.2 Å². The molecule has 0 radical (unpaired) electrons. The maximum absolute atomic E-state index is 5.38. The van der Waals surface area contributed by atoms with Gasteiger partial charge in [-0.25, -0.2) is 0 Å². The number of hydrogen-bond donors (Lipinski definition) is 0. The van der Waals surface area contributed by atoms with E-state index in [0.29, 0.717) is 0 Å². The van der Waals surface area contributed by atoms with Crippen molar-refractivity contribution >= 4 is 101 Å². The van der Waals surface area contributed by atoms with Gasteiger partial charge in [-0.05, 0) is 207 Å². The summed E-state index contributed by atoms with van der Waals surface area (Å²) < 4.78 is 0. The first-order valence-electron chi connectivity index (χ1n) is 37.9. The van der Waals surface area contributed by atoms with Gasteiger partial charge in [0.1, 0.15) is 0 Å². The van der Waals surface area contributed by atoms with Crippen molar-refractivity contribution in [1.82, 2.24) is 34.9 Å². The van der Waals surface area contributed by atoms with Crippen LogP contribution in [-0.2, 0) is 103 Å². The fourth-order valence-corrected chi connectivity index (χ4v) is 16.1. The molecule has 11 nitrogen and oxygen atoms in total. The Labute approximate surface area is 595 Å². The lowest BCUT2D eigenvalue weighted by molar-refractivity contribution is 0.955. The van der Waals surface area contributed by atoms with Crippen molar-refractivity contribution in [2.75, 3.05) is 19.6 Å². The number of benzene rings is 5. The molecule has 0 amide bonds. The Balaban J connectivity index is 1.45. The van der Waals surface area contributed by atoms with Crippen molar-refractivity contribution < 1.29 is 0 Å². The highest BCUT2D eigenvalue weighted by molar-refractivity contribution is 6.33. The second-order valence-corrected chi connectivity index (χ2v) is 26.2. The molecule has 0 bridgehead atoms. The molecule has 12 rings (SSSR count). The van der Waals surface area contributed by atoms with Crippen LogP contribution in [-0.4, -0.2) is 34.9 Å². The molecule has 514 valence electrons. The molecule has 0 unspecified atom stereocenters. The van der Waals surface area contributed by atoms with E-state index in [9.17, 15) is 0 Å². The lowest BCUT2D eigenvalue weighted by Gasteiger charge is -2.38. The van der Waals surface area contributed by atoms with E-state index in [1.165, 1.54) is 55.8 Å². The van der Waals surface area contributed by atoms with Crippen LogP contribution in [0.25, 0.3) is 32.3 Å². The normalized spacial score (nSPS) is 11.6. The molecule has 0 N–H and O–H groups in total. The highest BCUT2D eigenvalue weighted by Crippen LogP contribution is 2.58. The molecule has 5 aromatic carbocycles. The van der Waals surface area contributed by atoms with Crippen molar-refractivity contribution in [3.8, 4) is 0 Å². The topological polar surface area (TPSA) is 103 Å². The summed E-state index contributed by atoms with van der Waals surface area (Å²) in [6, 6.07) is 37.8. The van der Waals surface area contributed by atoms with Crippen LogP contribution >= 0.6 is 0 Å². The fourth-order valence-electron chi connectivity index (χ4n) is 16.1. The van der Waals surface area contributed by atoms with Gasteiger partial charge < -0.3 is 19.6 Å². The molecular formula is C89H103N11. The van der Waals surface area contributed by atoms with Crippen LogP contribution in [0, 0.1) is 0 Å². The number of para-hydroxylation sites is 1. The third kappa shape index (κ3) is 12.1. The van der Waals surface area contributed by atoms with Crippen molar-refractivity contribution in [3.63, 3.8) is 0 Å². The summed E-state index contributed by atoms with van der Waals surface area (Å²) in [7, 11) is 0. The lowest BCUT2D eigenvalue weighted by Crippen LogP contribution is -2.23. The van der Waals surface area contributed by atoms with Crippen molar-refractivity contribution in [2.45, 2.75) is 214 Å². The Bertz CT molecular complexity index is 3930. The minimum Gasteiger partial charge on any atom is -0.307 e. The van der Waals surface area contributed by atoms with E-state index in [4.69, 9.17) is 34.9 Å². The van der Waals surface area contributed by atoms with E-state index in [2.05, 4.69) is 227 Å². The SMILES string of the molecule is CCc1cccc(CC)c1N(c1c(CC)ccnc1CC)c1cc(N(c2c(CC)ccnc2CC)c2c(CC)ccnc2CC)c2ccc3c(N(c4c(CC)ccnc4CC)c4c(CC)ccnc4CC)cc(N(c4c(CC)ccnc4CC)c4c(CC)ccnc4CC)c4ccc1c2c43. The number of nitrogens with zero attached hydrogens (tertiary/aromatic N) is 11. The molecule has 11 heteroatoms. The van der Waals surface area contributed by atoms with E-state index in [-0.39, 0.29) is 0 Å². The molecule has 0 aliphatic heterocycles. The molecule has 7 aromatic heterocycles. The second-order valence-electron chi connectivity index (χ2n) is 26.2. The predicted molar refractivity (Wildman–Crippen MR) is 423 cm³/mol. The first-order chi connectivity index (χ1) is 49.0. The third-order valence-electron chi connectivity index (χ3n) is 21.1. The quantitative estimate of drug-likeness (QED) is 0.0438. The molecule has 0 aliphatic carbocycles. The number of aryl methyl sites for hydroxylation is 16. The summed E-state index contributed by atoms with van der Waals surface area (Å²) in [4.78, 5) is 48.2. The Hall–Kier alpha value is -9.61. The fraction of sp³-hybridized carbons (Fsp3) is 0.360. The Morgan fingerprint density at radius 3 is 0.540 bits per heavy atom. The van der Waals surface area contributed by atoms with Gasteiger partial charge in [0.15, 0.2) is 0 Å². The van der Waals surface area contributed by atoms with Crippen molar-refractivity contribution in [3.05, 3.63) is 230 Å². The van der Waals surface area contributed by atoms with Crippen LogP contribution in [0.5, 0.6) is 0 Å². The largest absolute Gasteiger partial charge is 0.307 e. The van der Waals surface area contributed by atoms with Gasteiger partial charge in [0.05, 0.1) is 108 Å². The van der Waals surface area contributed by atoms with Gasteiger partial charge in [-0.3, -0.25) is 34.9 Å². The van der Waals surface area contributed by atoms with E-state index in [1.807, 2.05) is 43.4 Å². The second kappa shape index (κ2) is 30.9. The van der Waals surface area contributed by atoms with Crippen molar-refractivity contribution in [1.29, 1.82) is 0 Å². The Morgan fingerprint density at radius 1 is 0.200 bits per heavy atom.